The summed E-state index contributed by atoms with van der Waals surface area (Å²) >= 11 is 0. The van der Waals surface area contributed by atoms with Crippen LogP contribution < -0.4 is 11.1 Å². The molecule has 0 saturated carbocycles. The van der Waals surface area contributed by atoms with Gasteiger partial charge in [0.05, 0.1) is 29.4 Å². The molecule has 1 atom stereocenters. The maximum atomic E-state index is 13.2. The van der Waals surface area contributed by atoms with Crippen LogP contribution in [0.4, 0.5) is 5.82 Å². The fraction of sp³-hybridized carbons (Fsp3) is 0.353. The fourth-order valence-electron chi connectivity index (χ4n) is 3.41. The Morgan fingerprint density at radius 2 is 2.18 bits per heavy atom. The Kier molecular flexibility index (Phi) is 4.75. The quantitative estimate of drug-likeness (QED) is 0.537. The summed E-state index contributed by atoms with van der Waals surface area (Å²) in [4.78, 5) is 8.34. The average Bonchev–Trinajstić information content (AvgIpc) is 3.13. The number of aliphatic hydroxyl groups excluding tert-OH is 1. The van der Waals surface area contributed by atoms with Gasteiger partial charge in [0.25, 0.3) is 0 Å². The largest absolute Gasteiger partial charge is 0.395 e. The summed E-state index contributed by atoms with van der Waals surface area (Å²) in [5.41, 5.74) is 8.43. The van der Waals surface area contributed by atoms with Crippen LogP contribution in [0.1, 0.15) is 5.56 Å². The minimum absolute atomic E-state index is 0.158. The van der Waals surface area contributed by atoms with Gasteiger partial charge < -0.3 is 16.2 Å². The molecule has 0 radical (unpaired) electrons. The molecule has 1 aromatic carbocycles. The number of aryl methyl sites for hydroxylation is 1. The summed E-state index contributed by atoms with van der Waals surface area (Å²) in [6, 6.07) is 4.45. The van der Waals surface area contributed by atoms with E-state index < -0.39 is 16.1 Å². The number of piperazine rings is 1. The van der Waals surface area contributed by atoms with Crippen LogP contribution in [0.2, 0.25) is 0 Å². The van der Waals surface area contributed by atoms with E-state index in [-0.39, 0.29) is 17.3 Å². The molecule has 11 heteroatoms. The van der Waals surface area contributed by atoms with E-state index in [0.717, 1.165) is 5.56 Å². The molecule has 1 aliphatic rings. The van der Waals surface area contributed by atoms with Gasteiger partial charge >= 0.3 is 0 Å². The molecule has 10 nitrogen and oxygen atoms in total. The molecule has 3 aromatic rings. The molecule has 148 valence electrons. The normalized spacial score (nSPS) is 18.6. The number of aromatic nitrogens is 4. The van der Waals surface area contributed by atoms with Crippen molar-refractivity contribution >= 4 is 21.5 Å². The molecule has 1 fully saturated rings. The van der Waals surface area contributed by atoms with Crippen LogP contribution in [-0.4, -0.2) is 69.7 Å². The number of rotatable bonds is 4. The van der Waals surface area contributed by atoms with Gasteiger partial charge in [-0.2, -0.15) is 9.40 Å². The minimum atomic E-state index is -3.77. The van der Waals surface area contributed by atoms with E-state index in [1.807, 2.05) is 6.92 Å². The van der Waals surface area contributed by atoms with Crippen LogP contribution in [0.3, 0.4) is 0 Å². The van der Waals surface area contributed by atoms with Crippen LogP contribution in [0.25, 0.3) is 16.9 Å². The zero-order valence-electron chi connectivity index (χ0n) is 15.3. The van der Waals surface area contributed by atoms with Gasteiger partial charge in [-0.3, -0.25) is 0 Å². The highest BCUT2D eigenvalue weighted by atomic mass is 32.2. The molecule has 0 unspecified atom stereocenters. The van der Waals surface area contributed by atoms with Crippen molar-refractivity contribution < 1.29 is 13.5 Å². The van der Waals surface area contributed by atoms with Gasteiger partial charge in [-0.05, 0) is 24.6 Å². The highest BCUT2D eigenvalue weighted by Gasteiger charge is 2.33. The molecule has 1 aliphatic heterocycles. The van der Waals surface area contributed by atoms with Gasteiger partial charge in [0.1, 0.15) is 6.33 Å². The molecule has 0 bridgehead atoms. The number of nitrogens with one attached hydrogen (secondary N) is 1. The monoisotopic (exact) mass is 403 g/mol. The Bertz CT molecular complexity index is 1130. The first-order chi connectivity index (χ1) is 13.4. The van der Waals surface area contributed by atoms with E-state index in [4.69, 9.17) is 5.73 Å². The smallest absolute Gasteiger partial charge is 0.243 e. The molecular formula is C17H21N7O3S. The fourth-order valence-corrected chi connectivity index (χ4v) is 5.05. The summed E-state index contributed by atoms with van der Waals surface area (Å²) in [5.74, 6) is 0.245. The first kappa shape index (κ1) is 18.7. The standard InChI is InChI=1S/C17H21N7O3S/c1-11-2-3-13(28(26,27)23-5-4-19-7-12(23)9-25)6-14(11)15-8-20-17-16(18)21-10-22-24(15)17/h2-3,6,8,10,12,19,25H,4-5,7,9H2,1H3,(H2,18,21,22)/t12-/m1/s1. The van der Waals surface area contributed by atoms with Crippen molar-refractivity contribution in [1.29, 1.82) is 0 Å². The average molecular weight is 403 g/mol. The van der Waals surface area contributed by atoms with Crippen molar-refractivity contribution in [3.8, 4) is 11.3 Å². The van der Waals surface area contributed by atoms with E-state index in [0.29, 0.717) is 36.5 Å². The lowest BCUT2D eigenvalue weighted by Crippen LogP contribution is -2.54. The van der Waals surface area contributed by atoms with Gasteiger partial charge in [-0.15, -0.1) is 0 Å². The summed E-state index contributed by atoms with van der Waals surface area (Å²) in [7, 11) is -3.77. The van der Waals surface area contributed by atoms with Crippen LogP contribution in [-0.2, 0) is 10.0 Å². The second kappa shape index (κ2) is 7.09. The Hall–Kier alpha value is -2.60. The predicted molar refractivity (Wildman–Crippen MR) is 103 cm³/mol. The molecule has 0 amide bonds. The lowest BCUT2D eigenvalue weighted by molar-refractivity contribution is 0.165. The molecular weight excluding hydrogens is 382 g/mol. The van der Waals surface area contributed by atoms with E-state index in [2.05, 4.69) is 20.4 Å². The van der Waals surface area contributed by atoms with Crippen LogP contribution in [0.5, 0.6) is 0 Å². The van der Waals surface area contributed by atoms with Crippen molar-refractivity contribution in [2.24, 2.45) is 0 Å². The number of nitrogens with zero attached hydrogens (tertiary/aromatic N) is 5. The minimum Gasteiger partial charge on any atom is -0.395 e. The Labute approximate surface area is 162 Å². The molecule has 3 heterocycles. The summed E-state index contributed by atoms with van der Waals surface area (Å²) in [6.07, 6.45) is 2.93. The Balaban J connectivity index is 1.82. The predicted octanol–water partition coefficient (Wildman–Crippen LogP) is -0.363. The number of hydrogen-bond donors (Lipinski definition) is 3. The topological polar surface area (TPSA) is 139 Å². The number of sulfonamides is 1. The van der Waals surface area contributed by atoms with E-state index in [1.165, 1.54) is 10.6 Å². The lowest BCUT2D eigenvalue weighted by atomic mass is 10.1. The van der Waals surface area contributed by atoms with Crippen LogP contribution >= 0.6 is 0 Å². The third kappa shape index (κ3) is 3.02. The van der Waals surface area contributed by atoms with Crippen molar-refractivity contribution in [3.63, 3.8) is 0 Å². The Morgan fingerprint density at radius 1 is 1.36 bits per heavy atom. The van der Waals surface area contributed by atoms with Crippen molar-refractivity contribution in [2.45, 2.75) is 17.9 Å². The SMILES string of the molecule is Cc1ccc(S(=O)(=O)N2CCNC[C@@H]2CO)cc1-c1cnc2c(N)ncnn12. The second-order valence-corrected chi connectivity index (χ2v) is 8.55. The summed E-state index contributed by atoms with van der Waals surface area (Å²) in [6.45, 7) is 2.90. The van der Waals surface area contributed by atoms with Gasteiger partial charge in [0.2, 0.25) is 10.0 Å². The van der Waals surface area contributed by atoms with Gasteiger partial charge in [0.15, 0.2) is 11.5 Å². The molecule has 0 spiro atoms. The van der Waals surface area contributed by atoms with E-state index >= 15 is 0 Å². The molecule has 28 heavy (non-hydrogen) atoms. The highest BCUT2D eigenvalue weighted by molar-refractivity contribution is 7.89. The number of hydrogen-bond acceptors (Lipinski definition) is 8. The maximum absolute atomic E-state index is 13.2. The second-order valence-electron chi connectivity index (χ2n) is 6.66. The van der Waals surface area contributed by atoms with Crippen molar-refractivity contribution in [2.75, 3.05) is 32.0 Å². The molecule has 0 aliphatic carbocycles. The lowest BCUT2D eigenvalue weighted by Gasteiger charge is -2.34. The summed E-state index contributed by atoms with van der Waals surface area (Å²) < 4.78 is 29.4. The molecule has 4 rings (SSSR count). The summed E-state index contributed by atoms with van der Waals surface area (Å²) in [5, 5.41) is 16.9. The van der Waals surface area contributed by atoms with Crippen molar-refractivity contribution in [1.82, 2.24) is 29.2 Å². The van der Waals surface area contributed by atoms with E-state index in [1.54, 1.807) is 28.9 Å². The number of anilines is 1. The number of nitrogen functional groups attached to an aromatic ring is 1. The number of benzene rings is 1. The Morgan fingerprint density at radius 3 is 2.96 bits per heavy atom. The third-order valence-electron chi connectivity index (χ3n) is 4.93. The number of fused-ring (bicyclic) bond motifs is 1. The highest BCUT2D eigenvalue weighted by Crippen LogP contribution is 2.29. The first-order valence-electron chi connectivity index (χ1n) is 8.82. The third-order valence-corrected chi connectivity index (χ3v) is 6.88. The van der Waals surface area contributed by atoms with Crippen LogP contribution in [0, 0.1) is 6.92 Å². The van der Waals surface area contributed by atoms with Gasteiger partial charge in [0, 0.05) is 25.2 Å². The zero-order chi connectivity index (χ0) is 19.9. The maximum Gasteiger partial charge on any atom is 0.243 e. The van der Waals surface area contributed by atoms with Gasteiger partial charge in [-0.1, -0.05) is 6.07 Å². The zero-order valence-corrected chi connectivity index (χ0v) is 16.1. The molecule has 1 saturated heterocycles. The number of aliphatic hydroxyl groups is 1. The van der Waals surface area contributed by atoms with E-state index in [9.17, 15) is 13.5 Å². The van der Waals surface area contributed by atoms with Crippen LogP contribution in [0.15, 0.2) is 35.6 Å². The first-order valence-corrected chi connectivity index (χ1v) is 10.3. The molecule has 4 N–H and O–H groups in total. The number of nitrogens with two attached hydrogens (primary N) is 1. The molecule has 2 aromatic heterocycles. The van der Waals surface area contributed by atoms with Gasteiger partial charge in [-0.25, -0.2) is 22.9 Å². The van der Waals surface area contributed by atoms with Crippen molar-refractivity contribution in [3.05, 3.63) is 36.3 Å². The number of imidazole rings is 1.